The molecule has 0 aromatic heterocycles. The molecule has 0 radical (unpaired) electrons. The lowest BCUT2D eigenvalue weighted by molar-refractivity contribution is 0.793. The SMILES string of the molecule is c1ccc(-c2ccc(N(c3ccccc3-c3ccccc3)c3cccc4c3-c3ccccc3C43c4ccccc4-c4c(N(c5ccc(-c6ccccc6)cc5)c5ccccc5-c5ccccc5)cccc43)cc2)cc1. The first-order valence-corrected chi connectivity index (χ1v) is 25.9. The summed E-state index contributed by atoms with van der Waals surface area (Å²) in [6, 6.07) is 111. The predicted octanol–water partition coefficient (Wildman–Crippen LogP) is 19.6. The van der Waals surface area contributed by atoms with Gasteiger partial charge in [-0.1, -0.05) is 255 Å². The van der Waals surface area contributed by atoms with Crippen LogP contribution in [-0.2, 0) is 5.41 Å². The van der Waals surface area contributed by atoms with E-state index < -0.39 is 5.41 Å². The Kier molecular flexibility index (Phi) is 10.8. The minimum atomic E-state index is -0.632. The number of hydrogen-bond donors (Lipinski definition) is 0. The Labute approximate surface area is 439 Å². The average molecular weight is 955 g/mol. The smallest absolute Gasteiger partial charge is 0.0727 e. The zero-order chi connectivity index (χ0) is 49.7. The maximum absolute atomic E-state index is 2.51. The van der Waals surface area contributed by atoms with Crippen LogP contribution in [0, 0.1) is 0 Å². The van der Waals surface area contributed by atoms with Crippen LogP contribution in [-0.4, -0.2) is 0 Å². The molecule has 0 unspecified atom stereocenters. The molecule has 352 valence electrons. The standard InChI is InChI=1S/C73H50N2/c1-5-23-51(24-6-1)53-43-47-57(48-44-53)74(67-39-19-15-31-59(67)55-27-9-3-10-28-55)69-41-21-37-65-71(69)61-33-13-17-35-63(61)73(65)64-36-18-14-34-62(64)72-66(73)38-22-42-70(72)75(58-49-45-54(46-50-58)52-25-7-2-8-26-52)68-40-20-16-32-60(68)56-29-11-4-12-30-56/h1-50H. The molecule has 0 fully saturated rings. The van der Waals surface area contributed by atoms with Crippen molar-refractivity contribution in [1.29, 1.82) is 0 Å². The molecule has 0 heterocycles. The molecule has 0 N–H and O–H groups in total. The maximum Gasteiger partial charge on any atom is 0.0727 e. The lowest BCUT2D eigenvalue weighted by Gasteiger charge is -2.33. The van der Waals surface area contributed by atoms with E-state index in [-0.39, 0.29) is 0 Å². The van der Waals surface area contributed by atoms with Crippen LogP contribution in [0.3, 0.4) is 0 Å². The molecule has 0 aliphatic heterocycles. The van der Waals surface area contributed by atoms with E-state index in [1.807, 2.05) is 0 Å². The normalized spacial score (nSPS) is 12.4. The van der Waals surface area contributed by atoms with Crippen molar-refractivity contribution >= 4 is 34.1 Å². The van der Waals surface area contributed by atoms with Gasteiger partial charge >= 0.3 is 0 Å². The molecule has 0 saturated heterocycles. The van der Waals surface area contributed by atoms with Crippen LogP contribution in [0.5, 0.6) is 0 Å². The van der Waals surface area contributed by atoms with Crippen molar-refractivity contribution in [1.82, 2.24) is 0 Å². The number of rotatable bonds is 10. The fraction of sp³-hybridized carbons (Fsp3) is 0.0137. The van der Waals surface area contributed by atoms with E-state index >= 15 is 0 Å². The van der Waals surface area contributed by atoms with E-state index in [0.29, 0.717) is 0 Å². The summed E-state index contributed by atoms with van der Waals surface area (Å²) >= 11 is 0. The Morgan fingerprint density at radius 3 is 0.853 bits per heavy atom. The zero-order valence-corrected chi connectivity index (χ0v) is 41.3. The molecule has 1 spiro atoms. The van der Waals surface area contributed by atoms with Gasteiger partial charge in [0.15, 0.2) is 0 Å². The van der Waals surface area contributed by atoms with Gasteiger partial charge in [0.1, 0.15) is 0 Å². The summed E-state index contributed by atoms with van der Waals surface area (Å²) in [6.45, 7) is 0. The summed E-state index contributed by atoms with van der Waals surface area (Å²) < 4.78 is 0. The van der Waals surface area contributed by atoms with Crippen molar-refractivity contribution in [3.05, 3.63) is 326 Å². The maximum atomic E-state index is 2.51. The van der Waals surface area contributed by atoms with Gasteiger partial charge in [0.2, 0.25) is 0 Å². The second-order valence-electron chi connectivity index (χ2n) is 19.5. The topological polar surface area (TPSA) is 6.48 Å². The highest BCUT2D eigenvalue weighted by atomic mass is 15.2. The molecule has 14 rings (SSSR count). The fourth-order valence-corrected chi connectivity index (χ4v) is 12.3. The molecule has 12 aromatic rings. The van der Waals surface area contributed by atoms with Crippen LogP contribution in [0.1, 0.15) is 22.3 Å². The second-order valence-corrected chi connectivity index (χ2v) is 19.5. The number of fused-ring (bicyclic) bond motifs is 10. The Morgan fingerprint density at radius 2 is 0.467 bits per heavy atom. The number of benzene rings is 12. The van der Waals surface area contributed by atoms with Gasteiger partial charge in [-0.3, -0.25) is 0 Å². The third-order valence-corrected chi connectivity index (χ3v) is 15.5. The number of para-hydroxylation sites is 2. The summed E-state index contributed by atoms with van der Waals surface area (Å²) in [6.07, 6.45) is 0. The van der Waals surface area contributed by atoms with Gasteiger partial charge in [-0.05, 0) is 115 Å². The summed E-state index contributed by atoms with van der Waals surface area (Å²) in [5.41, 5.74) is 25.5. The molecule has 2 heteroatoms. The van der Waals surface area contributed by atoms with Gasteiger partial charge < -0.3 is 9.80 Å². The average Bonchev–Trinajstić information content (AvgIpc) is 3.97. The Bertz CT molecular complexity index is 3770. The van der Waals surface area contributed by atoms with Crippen molar-refractivity contribution in [3.8, 4) is 66.8 Å². The number of nitrogens with zero attached hydrogens (tertiary/aromatic N) is 2. The van der Waals surface area contributed by atoms with Crippen molar-refractivity contribution < 1.29 is 0 Å². The molecule has 0 atom stereocenters. The fourth-order valence-electron chi connectivity index (χ4n) is 12.3. The van der Waals surface area contributed by atoms with E-state index in [4.69, 9.17) is 0 Å². The van der Waals surface area contributed by atoms with E-state index in [1.54, 1.807) is 0 Å². The highest BCUT2D eigenvalue weighted by Crippen LogP contribution is 2.66. The molecule has 0 bridgehead atoms. The third kappa shape index (κ3) is 7.17. The lowest BCUT2D eigenvalue weighted by atomic mass is 9.70. The highest BCUT2D eigenvalue weighted by Gasteiger charge is 2.53. The molecule has 12 aromatic carbocycles. The summed E-state index contributed by atoms with van der Waals surface area (Å²) in [5.74, 6) is 0. The van der Waals surface area contributed by atoms with Crippen LogP contribution in [0.25, 0.3) is 66.8 Å². The molecule has 0 amide bonds. The number of anilines is 6. The van der Waals surface area contributed by atoms with Gasteiger partial charge in [0.25, 0.3) is 0 Å². The van der Waals surface area contributed by atoms with E-state index in [0.717, 1.165) is 45.3 Å². The highest BCUT2D eigenvalue weighted by molar-refractivity contribution is 6.05. The predicted molar refractivity (Wildman–Crippen MR) is 314 cm³/mol. The second kappa shape index (κ2) is 18.4. The number of hydrogen-bond acceptors (Lipinski definition) is 2. The quantitative estimate of drug-likeness (QED) is 0.135. The van der Waals surface area contributed by atoms with Crippen molar-refractivity contribution in [2.24, 2.45) is 0 Å². The van der Waals surface area contributed by atoms with Gasteiger partial charge in [0, 0.05) is 33.6 Å². The van der Waals surface area contributed by atoms with Crippen molar-refractivity contribution in [2.45, 2.75) is 5.41 Å². The summed E-state index contributed by atoms with van der Waals surface area (Å²) in [4.78, 5) is 5.01. The van der Waals surface area contributed by atoms with Crippen molar-refractivity contribution in [3.63, 3.8) is 0 Å². The van der Waals surface area contributed by atoms with Gasteiger partial charge in [-0.2, -0.15) is 0 Å². The molecule has 75 heavy (non-hydrogen) atoms. The van der Waals surface area contributed by atoms with Crippen LogP contribution < -0.4 is 9.80 Å². The van der Waals surface area contributed by atoms with Crippen molar-refractivity contribution in [2.75, 3.05) is 9.80 Å². The van der Waals surface area contributed by atoms with E-state index in [9.17, 15) is 0 Å². The Hall–Kier alpha value is -9.76. The zero-order valence-electron chi connectivity index (χ0n) is 41.3. The van der Waals surface area contributed by atoms with Gasteiger partial charge in [-0.15, -0.1) is 0 Å². The molecule has 2 aliphatic rings. The minimum absolute atomic E-state index is 0.632. The molecular weight excluding hydrogens is 905 g/mol. The first kappa shape index (κ1) is 44.0. The van der Waals surface area contributed by atoms with Gasteiger partial charge in [0.05, 0.1) is 28.2 Å². The first-order valence-electron chi connectivity index (χ1n) is 25.9. The first-order chi connectivity index (χ1) is 37.3. The van der Waals surface area contributed by atoms with Crippen LogP contribution in [0.2, 0.25) is 0 Å². The summed E-state index contributed by atoms with van der Waals surface area (Å²) in [7, 11) is 0. The monoisotopic (exact) mass is 954 g/mol. The molecular formula is C73H50N2. The lowest BCUT2D eigenvalue weighted by Crippen LogP contribution is -2.26. The Morgan fingerprint density at radius 1 is 0.187 bits per heavy atom. The molecule has 2 aliphatic carbocycles. The Balaban J connectivity index is 1.02. The molecule has 0 saturated carbocycles. The molecule has 2 nitrogen and oxygen atoms in total. The summed E-state index contributed by atoms with van der Waals surface area (Å²) in [5, 5.41) is 0. The minimum Gasteiger partial charge on any atom is -0.309 e. The van der Waals surface area contributed by atoms with Crippen LogP contribution >= 0.6 is 0 Å². The third-order valence-electron chi connectivity index (χ3n) is 15.5. The van der Waals surface area contributed by atoms with Crippen LogP contribution in [0.15, 0.2) is 303 Å². The van der Waals surface area contributed by atoms with Crippen LogP contribution in [0.4, 0.5) is 34.1 Å². The van der Waals surface area contributed by atoms with Gasteiger partial charge in [-0.25, -0.2) is 0 Å². The van der Waals surface area contributed by atoms with E-state index in [2.05, 4.69) is 313 Å². The largest absolute Gasteiger partial charge is 0.309 e. The van der Waals surface area contributed by atoms with E-state index in [1.165, 1.54) is 77.9 Å².